The van der Waals surface area contributed by atoms with Crippen molar-refractivity contribution in [2.75, 3.05) is 6.54 Å². The van der Waals surface area contributed by atoms with E-state index in [1.165, 1.54) is 0 Å². The Morgan fingerprint density at radius 3 is 3.09 bits per heavy atom. The van der Waals surface area contributed by atoms with Crippen LogP contribution in [0.4, 0.5) is 0 Å². The minimum Gasteiger partial charge on any atom is -0.328 e. The summed E-state index contributed by atoms with van der Waals surface area (Å²) in [6.45, 7) is 6.76. The summed E-state index contributed by atoms with van der Waals surface area (Å²) >= 11 is 1.85. The van der Waals surface area contributed by atoms with Crippen molar-refractivity contribution in [2.45, 2.75) is 23.5 Å². The van der Waals surface area contributed by atoms with E-state index in [-0.39, 0.29) is 4.75 Å². The number of hydrogen-bond acceptors (Lipinski definition) is 2. The molecule has 0 bridgehead atoms. The zero-order valence-corrected chi connectivity index (χ0v) is 7.36. The van der Waals surface area contributed by atoms with E-state index in [9.17, 15) is 4.79 Å². The maximum absolute atomic E-state index is 11.0. The molecular weight excluding hydrogens is 158 g/mol. The molecule has 3 heteroatoms. The van der Waals surface area contributed by atoms with Crippen LogP contribution in [0.5, 0.6) is 0 Å². The van der Waals surface area contributed by atoms with Crippen molar-refractivity contribution in [1.29, 1.82) is 0 Å². The first-order valence-electron chi connectivity index (χ1n) is 3.75. The number of hydrogen-bond donors (Lipinski definition) is 0. The Balaban J connectivity index is 2.14. The van der Waals surface area contributed by atoms with Crippen LogP contribution in [-0.2, 0) is 4.79 Å². The van der Waals surface area contributed by atoms with E-state index in [4.69, 9.17) is 0 Å². The molecule has 2 aliphatic rings. The van der Waals surface area contributed by atoms with Gasteiger partial charge in [0, 0.05) is 6.54 Å². The minimum absolute atomic E-state index is 0.108. The number of rotatable bonds is 1. The number of nitrogens with zero attached hydrogens (tertiary/aromatic N) is 1. The highest BCUT2D eigenvalue weighted by molar-refractivity contribution is 8.01. The fraction of sp³-hybridized carbons (Fsp3) is 0.625. The molecule has 2 nitrogen and oxygen atoms in total. The molecule has 0 saturated carbocycles. The molecule has 0 aliphatic carbocycles. The molecule has 60 valence electrons. The Morgan fingerprint density at radius 2 is 2.64 bits per heavy atom. The van der Waals surface area contributed by atoms with Crippen molar-refractivity contribution in [1.82, 2.24) is 4.90 Å². The third-order valence-corrected chi connectivity index (χ3v) is 3.87. The summed E-state index contributed by atoms with van der Waals surface area (Å²) in [6, 6.07) is 0. The standard InChI is InChI=1S/C8H11NOS/c1-3-8(2)5-9-6(10)4-7(9)11-8/h3,7H,1,4-5H2,2H3. The first-order valence-corrected chi connectivity index (χ1v) is 4.63. The largest absolute Gasteiger partial charge is 0.328 e. The summed E-state index contributed by atoms with van der Waals surface area (Å²) in [7, 11) is 0. The molecule has 0 spiro atoms. The van der Waals surface area contributed by atoms with E-state index < -0.39 is 0 Å². The third-order valence-electron chi connectivity index (χ3n) is 2.34. The van der Waals surface area contributed by atoms with Gasteiger partial charge in [-0.15, -0.1) is 18.3 Å². The lowest BCUT2D eigenvalue weighted by atomic mass is 10.1. The maximum Gasteiger partial charge on any atom is 0.226 e. The lowest BCUT2D eigenvalue weighted by molar-refractivity contribution is -0.140. The van der Waals surface area contributed by atoms with Crippen molar-refractivity contribution < 1.29 is 4.79 Å². The fourth-order valence-corrected chi connectivity index (χ4v) is 3.00. The highest BCUT2D eigenvalue weighted by atomic mass is 32.2. The van der Waals surface area contributed by atoms with Crippen LogP contribution in [0.1, 0.15) is 13.3 Å². The molecule has 0 aromatic carbocycles. The minimum atomic E-state index is 0.108. The molecule has 1 amide bonds. The van der Waals surface area contributed by atoms with Gasteiger partial charge in [-0.05, 0) is 6.92 Å². The van der Waals surface area contributed by atoms with Crippen LogP contribution in [0.25, 0.3) is 0 Å². The van der Waals surface area contributed by atoms with Crippen molar-refractivity contribution in [2.24, 2.45) is 0 Å². The van der Waals surface area contributed by atoms with E-state index in [0.717, 1.165) is 13.0 Å². The molecule has 2 fully saturated rings. The number of carbonyl (C=O) groups excluding carboxylic acids is 1. The molecule has 2 atom stereocenters. The summed E-state index contributed by atoms with van der Waals surface area (Å²) in [6.07, 6.45) is 2.68. The summed E-state index contributed by atoms with van der Waals surface area (Å²) in [5.74, 6) is 0.299. The number of thioether (sulfide) groups is 1. The van der Waals surface area contributed by atoms with Gasteiger partial charge in [-0.25, -0.2) is 0 Å². The van der Waals surface area contributed by atoms with Gasteiger partial charge in [-0.1, -0.05) is 6.08 Å². The van der Waals surface area contributed by atoms with Crippen molar-refractivity contribution in [3.8, 4) is 0 Å². The van der Waals surface area contributed by atoms with E-state index in [1.54, 1.807) is 0 Å². The second kappa shape index (κ2) is 2.03. The Labute approximate surface area is 70.6 Å². The van der Waals surface area contributed by atoms with Crippen molar-refractivity contribution in [3.63, 3.8) is 0 Å². The quantitative estimate of drug-likeness (QED) is 0.435. The van der Waals surface area contributed by atoms with Gasteiger partial charge in [-0.3, -0.25) is 4.79 Å². The number of fused-ring (bicyclic) bond motifs is 1. The molecule has 0 N–H and O–H groups in total. The smallest absolute Gasteiger partial charge is 0.226 e. The molecular formula is C8H11NOS. The van der Waals surface area contributed by atoms with Crippen LogP contribution in [0.3, 0.4) is 0 Å². The Kier molecular flexibility index (Phi) is 1.34. The molecule has 0 aromatic heterocycles. The van der Waals surface area contributed by atoms with Gasteiger partial charge in [0.1, 0.15) is 0 Å². The number of amides is 1. The van der Waals surface area contributed by atoms with Gasteiger partial charge in [0.15, 0.2) is 0 Å². The van der Waals surface area contributed by atoms with Gasteiger partial charge < -0.3 is 4.90 Å². The van der Waals surface area contributed by atoms with E-state index >= 15 is 0 Å². The summed E-state index contributed by atoms with van der Waals surface area (Å²) in [5, 5.41) is 0.450. The first kappa shape index (κ1) is 7.22. The highest BCUT2D eigenvalue weighted by Crippen LogP contribution is 2.46. The highest BCUT2D eigenvalue weighted by Gasteiger charge is 2.48. The van der Waals surface area contributed by atoms with Crippen LogP contribution >= 0.6 is 11.8 Å². The third kappa shape index (κ3) is 0.906. The Bertz CT molecular complexity index is 228. The molecule has 2 saturated heterocycles. The summed E-state index contributed by atoms with van der Waals surface area (Å²) in [4.78, 5) is 12.9. The number of β-lactam (4-membered cyclic amide) rings is 1. The molecule has 0 radical (unpaired) electrons. The zero-order chi connectivity index (χ0) is 8.06. The summed E-state index contributed by atoms with van der Waals surface area (Å²) < 4.78 is 0.108. The van der Waals surface area contributed by atoms with Gasteiger partial charge in [0.2, 0.25) is 5.91 Å². The molecule has 0 aromatic rings. The zero-order valence-electron chi connectivity index (χ0n) is 6.54. The van der Waals surface area contributed by atoms with Crippen LogP contribution in [-0.4, -0.2) is 27.5 Å². The monoisotopic (exact) mass is 169 g/mol. The molecule has 2 rings (SSSR count). The van der Waals surface area contributed by atoms with Gasteiger partial charge in [0.25, 0.3) is 0 Å². The molecule has 11 heavy (non-hydrogen) atoms. The Hall–Kier alpha value is -0.440. The summed E-state index contributed by atoms with van der Waals surface area (Å²) in [5.41, 5.74) is 0. The topological polar surface area (TPSA) is 20.3 Å². The second-order valence-corrected chi connectivity index (χ2v) is 5.03. The Morgan fingerprint density at radius 1 is 1.91 bits per heavy atom. The SMILES string of the molecule is C=CC1(C)CN2C(=O)CC2S1. The van der Waals surface area contributed by atoms with Crippen LogP contribution in [0.2, 0.25) is 0 Å². The molecule has 2 heterocycles. The average Bonchev–Trinajstić information content (AvgIpc) is 2.25. The predicted molar refractivity (Wildman–Crippen MR) is 46.3 cm³/mol. The average molecular weight is 169 g/mol. The van der Waals surface area contributed by atoms with Gasteiger partial charge in [0.05, 0.1) is 16.5 Å². The first-order chi connectivity index (χ1) is 5.14. The van der Waals surface area contributed by atoms with E-state index in [1.807, 2.05) is 22.7 Å². The van der Waals surface area contributed by atoms with Gasteiger partial charge >= 0.3 is 0 Å². The van der Waals surface area contributed by atoms with Crippen molar-refractivity contribution >= 4 is 17.7 Å². The predicted octanol–water partition coefficient (Wildman–Crippen LogP) is 1.24. The lowest BCUT2D eigenvalue weighted by Gasteiger charge is -2.32. The van der Waals surface area contributed by atoms with Gasteiger partial charge in [-0.2, -0.15) is 0 Å². The molecule has 2 aliphatic heterocycles. The van der Waals surface area contributed by atoms with E-state index in [2.05, 4.69) is 13.5 Å². The van der Waals surface area contributed by atoms with Crippen LogP contribution in [0.15, 0.2) is 12.7 Å². The van der Waals surface area contributed by atoms with E-state index in [0.29, 0.717) is 11.3 Å². The number of carbonyl (C=O) groups is 1. The van der Waals surface area contributed by atoms with Crippen LogP contribution < -0.4 is 0 Å². The second-order valence-electron chi connectivity index (χ2n) is 3.32. The maximum atomic E-state index is 11.0. The van der Waals surface area contributed by atoms with Crippen molar-refractivity contribution in [3.05, 3.63) is 12.7 Å². The molecule has 2 unspecified atom stereocenters. The lowest BCUT2D eigenvalue weighted by Crippen LogP contribution is -2.47. The van der Waals surface area contributed by atoms with Crippen LogP contribution in [0, 0.1) is 0 Å². The fourth-order valence-electron chi connectivity index (χ4n) is 1.52. The normalized spacial score (nSPS) is 41.7.